The van der Waals surface area contributed by atoms with Gasteiger partial charge in [0.25, 0.3) is 5.91 Å². The average molecular weight is 590 g/mol. The predicted molar refractivity (Wildman–Crippen MR) is 154 cm³/mol. The van der Waals surface area contributed by atoms with E-state index in [1.54, 1.807) is 14.2 Å². The van der Waals surface area contributed by atoms with Gasteiger partial charge < -0.3 is 43.1 Å². The molecular weight excluding hydrogens is 551 g/mol. The molecule has 1 saturated carbocycles. The third-order valence-electron chi connectivity index (χ3n) is 7.58. The molecule has 1 aliphatic carbocycles. The number of nitrogens with one attached hydrogen (secondary N) is 1. The summed E-state index contributed by atoms with van der Waals surface area (Å²) in [5, 5.41) is 3.06. The number of carbonyl (C=O) groups is 1. The number of amides is 1. The molecule has 2 unspecified atom stereocenters. The lowest BCUT2D eigenvalue weighted by atomic mass is 10.1. The number of aryl methyl sites for hydroxylation is 2. The van der Waals surface area contributed by atoms with Crippen LogP contribution in [0, 0.1) is 0 Å². The average Bonchev–Trinajstić information content (AvgIpc) is 3.71. The molecule has 216 valence electrons. The zero-order valence-corrected chi connectivity index (χ0v) is 24.7. The van der Waals surface area contributed by atoms with Gasteiger partial charge in [0.2, 0.25) is 0 Å². The zero-order valence-electron chi connectivity index (χ0n) is 23.2. The molecule has 1 heterocycles. The number of anilines is 2. The molecule has 5 N–H and O–H groups in total. The van der Waals surface area contributed by atoms with E-state index in [9.17, 15) is 4.79 Å². The van der Waals surface area contributed by atoms with Crippen LogP contribution in [0.15, 0.2) is 48.5 Å². The number of nitrogen functional groups attached to an aromatic ring is 2. The molecule has 11 heteroatoms. The van der Waals surface area contributed by atoms with Crippen molar-refractivity contribution in [3.8, 4) is 11.5 Å². The van der Waals surface area contributed by atoms with E-state index >= 15 is 0 Å². The summed E-state index contributed by atoms with van der Waals surface area (Å²) >= 11 is 5.98. The maximum absolute atomic E-state index is 12.9. The number of likely N-dealkylation sites (N-methyl/N-ethyl adjacent to an activating group) is 1. The molecule has 3 aromatic rings. The van der Waals surface area contributed by atoms with Crippen LogP contribution in [0.5, 0.6) is 11.5 Å². The van der Waals surface area contributed by atoms with Crippen molar-refractivity contribution in [3.05, 3.63) is 70.5 Å². The quantitative estimate of drug-likeness (QED) is 0.253. The van der Waals surface area contributed by atoms with Crippen molar-refractivity contribution in [2.45, 2.75) is 44.2 Å². The third-order valence-corrected chi connectivity index (χ3v) is 7.86. The van der Waals surface area contributed by atoms with E-state index in [1.807, 2.05) is 24.3 Å². The summed E-state index contributed by atoms with van der Waals surface area (Å²) in [4.78, 5) is 20.9. The van der Waals surface area contributed by atoms with E-state index in [4.69, 9.17) is 32.5 Å². The van der Waals surface area contributed by atoms with Gasteiger partial charge in [0.1, 0.15) is 17.5 Å². The summed E-state index contributed by atoms with van der Waals surface area (Å²) in [6.45, 7) is 2.00. The first-order valence-corrected chi connectivity index (χ1v) is 13.6. The van der Waals surface area contributed by atoms with Crippen LogP contribution in [0.2, 0.25) is 5.15 Å². The number of ether oxygens (including phenoxy) is 2. The lowest BCUT2D eigenvalue weighted by molar-refractivity contribution is -0.921. The van der Waals surface area contributed by atoms with E-state index in [-0.39, 0.29) is 46.8 Å². The van der Waals surface area contributed by atoms with Crippen LogP contribution in [-0.2, 0) is 12.8 Å². The highest BCUT2D eigenvalue weighted by molar-refractivity contribution is 6.31. The van der Waals surface area contributed by atoms with Crippen LogP contribution >= 0.6 is 11.6 Å². The van der Waals surface area contributed by atoms with E-state index in [0.717, 1.165) is 61.2 Å². The second-order valence-corrected chi connectivity index (χ2v) is 10.7. The Hall–Kier alpha value is -3.27. The molecular formula is C29H38Cl2N6O3. The molecule has 2 atom stereocenters. The van der Waals surface area contributed by atoms with Crippen LogP contribution < -0.4 is 38.7 Å². The number of methoxy groups -OCH3 is 2. The fourth-order valence-corrected chi connectivity index (χ4v) is 5.31. The number of benzene rings is 2. The van der Waals surface area contributed by atoms with Gasteiger partial charge in [-0.25, -0.2) is 9.97 Å². The van der Waals surface area contributed by atoms with Gasteiger partial charge in [-0.05, 0) is 48.2 Å². The summed E-state index contributed by atoms with van der Waals surface area (Å²) in [6.07, 6.45) is 4.93. The van der Waals surface area contributed by atoms with E-state index in [0.29, 0.717) is 6.04 Å². The predicted octanol–water partition coefficient (Wildman–Crippen LogP) is 0.899. The molecule has 0 bridgehead atoms. The molecule has 1 amide bonds. The second kappa shape index (κ2) is 13.9. The number of halogens is 2. The van der Waals surface area contributed by atoms with E-state index in [1.165, 1.54) is 11.1 Å². The molecule has 0 radical (unpaired) electrons. The maximum atomic E-state index is 12.9. The highest BCUT2D eigenvalue weighted by Crippen LogP contribution is 2.35. The molecule has 1 aliphatic rings. The van der Waals surface area contributed by atoms with E-state index in [2.05, 4.69) is 46.6 Å². The van der Waals surface area contributed by atoms with Gasteiger partial charge in [-0.1, -0.05) is 35.9 Å². The van der Waals surface area contributed by atoms with Crippen LogP contribution in [0.25, 0.3) is 0 Å². The van der Waals surface area contributed by atoms with Gasteiger partial charge in [0.15, 0.2) is 22.5 Å². The molecule has 2 aromatic carbocycles. The minimum Gasteiger partial charge on any atom is -1.00 e. The number of aromatic nitrogens is 2. The minimum absolute atomic E-state index is 0. The minimum atomic E-state index is -0.377. The van der Waals surface area contributed by atoms with Crippen molar-refractivity contribution in [1.82, 2.24) is 15.3 Å². The molecule has 4 rings (SSSR count). The molecule has 0 aliphatic heterocycles. The van der Waals surface area contributed by atoms with Crippen molar-refractivity contribution in [3.63, 3.8) is 0 Å². The lowest BCUT2D eigenvalue weighted by Crippen LogP contribution is -3.00. The van der Waals surface area contributed by atoms with E-state index < -0.39 is 0 Å². The normalized spacial score (nSPS) is 16.1. The molecule has 0 spiro atoms. The fraction of sp³-hybridized carbons (Fsp3) is 0.414. The summed E-state index contributed by atoms with van der Waals surface area (Å²) in [7, 11) is 5.65. The molecule has 9 nitrogen and oxygen atoms in total. The number of rotatable bonds is 13. The SMILES string of the molecule is COc1ccc(CCC[N+](C)(CCCc2ccc(OC)cc2)C2CC2NC(=O)c2nc(Cl)c(N)nc2N)cc1.[Cl-]. The largest absolute Gasteiger partial charge is 1.00 e. The Morgan fingerprint density at radius 2 is 1.43 bits per heavy atom. The van der Waals surface area contributed by atoms with Crippen molar-refractivity contribution < 1.29 is 31.2 Å². The van der Waals surface area contributed by atoms with Crippen molar-refractivity contribution in [2.24, 2.45) is 0 Å². The highest BCUT2D eigenvalue weighted by Gasteiger charge is 2.52. The number of nitrogens with two attached hydrogens (primary N) is 2. The number of hydrogen-bond donors (Lipinski definition) is 3. The number of carbonyl (C=O) groups excluding carboxylic acids is 1. The van der Waals surface area contributed by atoms with Crippen LogP contribution in [0.3, 0.4) is 0 Å². The number of nitrogens with zero attached hydrogens (tertiary/aromatic N) is 3. The first kappa shape index (κ1) is 31.3. The Morgan fingerprint density at radius 3 is 1.90 bits per heavy atom. The topological polar surface area (TPSA) is 125 Å². The van der Waals surface area contributed by atoms with Gasteiger partial charge in [0.05, 0.1) is 40.4 Å². The molecule has 40 heavy (non-hydrogen) atoms. The Balaban J connectivity index is 0.00000441. The summed E-state index contributed by atoms with van der Waals surface area (Å²) < 4.78 is 11.4. The highest BCUT2D eigenvalue weighted by atomic mass is 35.5. The third kappa shape index (κ3) is 7.90. The van der Waals surface area contributed by atoms with Crippen LogP contribution in [0.1, 0.15) is 40.9 Å². The Morgan fingerprint density at radius 1 is 0.925 bits per heavy atom. The fourth-order valence-electron chi connectivity index (χ4n) is 5.19. The molecule has 1 aromatic heterocycles. The Bertz CT molecular complexity index is 1220. The standard InChI is InChI=1S/C29H37ClN6O3.ClH/c1-36(16-4-6-19-8-12-21(38-2)13-9-19,17-5-7-20-10-14-22(39-3)15-11-20)24-18-23(24)33-29(37)25-27(31)35-28(32)26(30)34-25;/h8-15,23-24H,4-7,16-18H2,1-3H3,(H4-,31,32,33,35,37);1H. The Labute approximate surface area is 247 Å². The monoisotopic (exact) mass is 588 g/mol. The van der Waals surface area contributed by atoms with Crippen molar-refractivity contribution >= 4 is 29.1 Å². The lowest BCUT2D eigenvalue weighted by Gasteiger charge is -2.36. The van der Waals surface area contributed by atoms with Gasteiger partial charge >= 0.3 is 0 Å². The number of hydrogen-bond acceptors (Lipinski definition) is 7. The molecule has 0 saturated heterocycles. The van der Waals surface area contributed by atoms with Crippen molar-refractivity contribution in [1.29, 1.82) is 0 Å². The van der Waals surface area contributed by atoms with Gasteiger partial charge in [-0.15, -0.1) is 0 Å². The first-order chi connectivity index (χ1) is 18.7. The van der Waals surface area contributed by atoms with Gasteiger partial charge in [-0.2, -0.15) is 0 Å². The summed E-state index contributed by atoms with van der Waals surface area (Å²) in [5.41, 5.74) is 14.1. The van der Waals surface area contributed by atoms with Gasteiger partial charge in [0, 0.05) is 19.3 Å². The molecule has 1 fully saturated rings. The maximum Gasteiger partial charge on any atom is 0.274 e. The van der Waals surface area contributed by atoms with Crippen LogP contribution in [0.4, 0.5) is 11.6 Å². The summed E-state index contributed by atoms with van der Waals surface area (Å²) in [5.74, 6) is 1.33. The number of quaternary nitrogens is 1. The Kier molecular flexibility index (Phi) is 10.8. The summed E-state index contributed by atoms with van der Waals surface area (Å²) in [6, 6.07) is 16.8. The van der Waals surface area contributed by atoms with Gasteiger partial charge in [-0.3, -0.25) is 4.79 Å². The smallest absolute Gasteiger partial charge is 0.274 e. The zero-order chi connectivity index (χ0) is 28.0. The second-order valence-electron chi connectivity index (χ2n) is 10.3. The van der Waals surface area contributed by atoms with Crippen LogP contribution in [-0.4, -0.2) is 66.8 Å². The first-order valence-electron chi connectivity index (χ1n) is 13.2. The van der Waals surface area contributed by atoms with Crippen molar-refractivity contribution in [2.75, 3.05) is 45.8 Å².